The van der Waals surface area contributed by atoms with Crippen LogP contribution in [0, 0.1) is 0 Å². The maximum atomic E-state index is 10.3. The SMILES string of the molecule is Cn1nnc(Br)c1C(O)c1cc(Br)cc(Br)c1. The molecule has 1 aromatic heterocycles. The fourth-order valence-electron chi connectivity index (χ4n) is 1.52. The molecule has 4 nitrogen and oxygen atoms in total. The van der Waals surface area contributed by atoms with Crippen LogP contribution < -0.4 is 0 Å². The van der Waals surface area contributed by atoms with E-state index in [0.29, 0.717) is 10.3 Å². The summed E-state index contributed by atoms with van der Waals surface area (Å²) in [6, 6.07) is 5.62. The lowest BCUT2D eigenvalue weighted by molar-refractivity contribution is 0.209. The molecule has 2 aromatic rings. The van der Waals surface area contributed by atoms with Gasteiger partial charge in [-0.3, -0.25) is 0 Å². The van der Waals surface area contributed by atoms with Gasteiger partial charge in [0.2, 0.25) is 0 Å². The Morgan fingerprint density at radius 1 is 1.18 bits per heavy atom. The lowest BCUT2D eigenvalue weighted by Crippen LogP contribution is -2.07. The van der Waals surface area contributed by atoms with Crippen LogP contribution in [-0.4, -0.2) is 20.1 Å². The van der Waals surface area contributed by atoms with E-state index in [1.54, 1.807) is 11.7 Å². The van der Waals surface area contributed by atoms with Crippen molar-refractivity contribution < 1.29 is 5.11 Å². The molecule has 0 aliphatic rings. The van der Waals surface area contributed by atoms with E-state index in [2.05, 4.69) is 58.1 Å². The highest BCUT2D eigenvalue weighted by Gasteiger charge is 2.20. The van der Waals surface area contributed by atoms with E-state index in [9.17, 15) is 5.11 Å². The summed E-state index contributed by atoms with van der Waals surface area (Å²) in [5, 5.41) is 18.0. The van der Waals surface area contributed by atoms with Crippen LogP contribution in [0.25, 0.3) is 0 Å². The minimum absolute atomic E-state index is 0.545. The van der Waals surface area contributed by atoms with E-state index in [1.165, 1.54) is 0 Å². The van der Waals surface area contributed by atoms with Crippen LogP contribution in [0.15, 0.2) is 31.7 Å². The Labute approximate surface area is 123 Å². The van der Waals surface area contributed by atoms with Crippen LogP contribution in [0.5, 0.6) is 0 Å². The lowest BCUT2D eigenvalue weighted by Gasteiger charge is -2.12. The molecule has 0 fully saturated rings. The Kier molecular flexibility index (Phi) is 4.02. The Balaban J connectivity index is 2.47. The summed E-state index contributed by atoms with van der Waals surface area (Å²) in [5.41, 5.74) is 1.38. The molecule has 1 atom stereocenters. The summed E-state index contributed by atoms with van der Waals surface area (Å²) in [7, 11) is 1.74. The summed E-state index contributed by atoms with van der Waals surface area (Å²) in [5.74, 6) is 0. The molecule has 90 valence electrons. The van der Waals surface area contributed by atoms with Gasteiger partial charge in [0.05, 0.1) is 0 Å². The summed E-state index contributed by atoms with van der Waals surface area (Å²) in [6.45, 7) is 0. The third-order valence-corrected chi connectivity index (χ3v) is 3.77. The Morgan fingerprint density at radius 3 is 2.24 bits per heavy atom. The Morgan fingerprint density at radius 2 is 1.76 bits per heavy atom. The maximum absolute atomic E-state index is 10.3. The van der Waals surface area contributed by atoms with Crippen LogP contribution in [0.2, 0.25) is 0 Å². The van der Waals surface area contributed by atoms with Gasteiger partial charge in [-0.15, -0.1) is 5.10 Å². The van der Waals surface area contributed by atoms with Gasteiger partial charge >= 0.3 is 0 Å². The van der Waals surface area contributed by atoms with Crippen molar-refractivity contribution in [3.63, 3.8) is 0 Å². The Bertz CT molecular complexity index is 516. The maximum Gasteiger partial charge on any atom is 0.154 e. The first-order valence-electron chi connectivity index (χ1n) is 4.68. The second kappa shape index (κ2) is 5.17. The first-order valence-corrected chi connectivity index (χ1v) is 7.06. The number of aliphatic hydroxyl groups excluding tert-OH is 1. The van der Waals surface area contributed by atoms with Gasteiger partial charge in [-0.25, -0.2) is 4.68 Å². The van der Waals surface area contributed by atoms with Crippen molar-refractivity contribution in [2.75, 3.05) is 0 Å². The zero-order valence-electron chi connectivity index (χ0n) is 8.73. The van der Waals surface area contributed by atoms with Crippen LogP contribution >= 0.6 is 47.8 Å². The molecule has 0 aliphatic heterocycles. The minimum Gasteiger partial charge on any atom is -0.382 e. The van der Waals surface area contributed by atoms with Crippen molar-refractivity contribution in [1.29, 1.82) is 0 Å². The zero-order valence-corrected chi connectivity index (χ0v) is 13.5. The van der Waals surface area contributed by atoms with E-state index < -0.39 is 6.10 Å². The van der Waals surface area contributed by atoms with Gasteiger partial charge in [0.1, 0.15) is 11.8 Å². The van der Waals surface area contributed by atoms with Gasteiger partial charge < -0.3 is 5.11 Å². The summed E-state index contributed by atoms with van der Waals surface area (Å²) < 4.78 is 3.88. The summed E-state index contributed by atoms with van der Waals surface area (Å²) >= 11 is 10.1. The summed E-state index contributed by atoms with van der Waals surface area (Å²) in [6.07, 6.45) is -0.779. The largest absolute Gasteiger partial charge is 0.382 e. The molecule has 0 saturated carbocycles. The molecule has 0 saturated heterocycles. The summed E-state index contributed by atoms with van der Waals surface area (Å²) in [4.78, 5) is 0. The van der Waals surface area contributed by atoms with Crippen molar-refractivity contribution in [2.24, 2.45) is 7.05 Å². The number of rotatable bonds is 2. The molecule has 1 N–H and O–H groups in total. The minimum atomic E-state index is -0.779. The second-order valence-electron chi connectivity index (χ2n) is 3.49. The lowest BCUT2D eigenvalue weighted by atomic mass is 10.1. The zero-order chi connectivity index (χ0) is 12.6. The molecule has 0 amide bonds. The number of aryl methyl sites for hydroxylation is 1. The number of aromatic nitrogens is 3. The standard InChI is InChI=1S/C10H8Br3N3O/c1-16-8(10(13)14-15-16)9(17)5-2-6(11)4-7(12)3-5/h2-4,9,17H,1H3. The predicted octanol–water partition coefficient (Wildman–Crippen LogP) is 3.18. The molecule has 0 bridgehead atoms. The average Bonchev–Trinajstić information content (AvgIpc) is 2.56. The van der Waals surface area contributed by atoms with Crippen molar-refractivity contribution in [2.45, 2.75) is 6.10 Å². The molecule has 1 heterocycles. The molecule has 0 radical (unpaired) electrons. The monoisotopic (exact) mass is 423 g/mol. The van der Waals surface area contributed by atoms with E-state index in [4.69, 9.17) is 0 Å². The molecule has 17 heavy (non-hydrogen) atoms. The molecular weight excluding hydrogens is 418 g/mol. The van der Waals surface area contributed by atoms with E-state index in [1.807, 2.05) is 18.2 Å². The first kappa shape index (κ1) is 13.2. The van der Waals surface area contributed by atoms with Crippen LogP contribution in [0.3, 0.4) is 0 Å². The van der Waals surface area contributed by atoms with Crippen molar-refractivity contribution in [3.05, 3.63) is 43.0 Å². The second-order valence-corrected chi connectivity index (χ2v) is 6.08. The molecule has 1 unspecified atom stereocenters. The number of aliphatic hydroxyl groups is 1. The number of hydrogen-bond acceptors (Lipinski definition) is 3. The van der Waals surface area contributed by atoms with Crippen LogP contribution in [0.1, 0.15) is 17.4 Å². The topological polar surface area (TPSA) is 50.9 Å². The van der Waals surface area contributed by atoms with Crippen molar-refractivity contribution >= 4 is 47.8 Å². The van der Waals surface area contributed by atoms with E-state index >= 15 is 0 Å². The number of halogens is 3. The molecule has 2 rings (SSSR count). The predicted molar refractivity (Wildman–Crippen MR) is 74.6 cm³/mol. The van der Waals surface area contributed by atoms with Gasteiger partial charge in [-0.05, 0) is 39.7 Å². The normalized spacial score (nSPS) is 12.8. The van der Waals surface area contributed by atoms with Crippen LogP contribution in [-0.2, 0) is 7.05 Å². The average molecular weight is 426 g/mol. The van der Waals surface area contributed by atoms with E-state index in [0.717, 1.165) is 14.5 Å². The van der Waals surface area contributed by atoms with Gasteiger partial charge in [-0.1, -0.05) is 37.1 Å². The highest BCUT2D eigenvalue weighted by Crippen LogP contribution is 2.30. The smallest absolute Gasteiger partial charge is 0.154 e. The third kappa shape index (κ3) is 2.78. The number of hydrogen-bond donors (Lipinski definition) is 1. The molecule has 1 aromatic carbocycles. The highest BCUT2D eigenvalue weighted by molar-refractivity contribution is 9.11. The van der Waals surface area contributed by atoms with Gasteiger partial charge in [0.25, 0.3) is 0 Å². The fraction of sp³-hybridized carbons (Fsp3) is 0.200. The number of nitrogens with zero attached hydrogens (tertiary/aromatic N) is 3. The molecular formula is C10H8Br3N3O. The van der Waals surface area contributed by atoms with Gasteiger partial charge in [-0.2, -0.15) is 0 Å². The van der Waals surface area contributed by atoms with Gasteiger partial charge in [0, 0.05) is 16.0 Å². The first-order chi connectivity index (χ1) is 7.99. The third-order valence-electron chi connectivity index (χ3n) is 2.29. The Hall–Kier alpha value is -0.240. The van der Waals surface area contributed by atoms with E-state index in [-0.39, 0.29) is 0 Å². The number of benzene rings is 1. The van der Waals surface area contributed by atoms with Crippen molar-refractivity contribution in [1.82, 2.24) is 15.0 Å². The molecule has 0 spiro atoms. The highest BCUT2D eigenvalue weighted by atomic mass is 79.9. The molecule has 7 heteroatoms. The van der Waals surface area contributed by atoms with Gasteiger partial charge in [0.15, 0.2) is 4.60 Å². The fourth-order valence-corrected chi connectivity index (χ4v) is 3.39. The quantitative estimate of drug-likeness (QED) is 0.804. The van der Waals surface area contributed by atoms with Crippen LogP contribution in [0.4, 0.5) is 0 Å². The molecule has 0 aliphatic carbocycles. The van der Waals surface area contributed by atoms with Crippen molar-refractivity contribution in [3.8, 4) is 0 Å².